The van der Waals surface area contributed by atoms with Crippen LogP contribution in [0, 0.1) is 28.9 Å². The summed E-state index contributed by atoms with van der Waals surface area (Å²) in [6.45, 7) is 5.39. The fourth-order valence-corrected chi connectivity index (χ4v) is 2.81. The predicted octanol–water partition coefficient (Wildman–Crippen LogP) is 2.44. The van der Waals surface area contributed by atoms with Crippen LogP contribution in [0.3, 0.4) is 0 Å². The summed E-state index contributed by atoms with van der Waals surface area (Å²) in [6.07, 6.45) is 0.458. The highest BCUT2D eigenvalue weighted by Gasteiger charge is 2.22. The SMILES string of the molecule is Cc1sc(C(=O)NCC(CC(C)C)C(=O)O)cc1[N+](=O)[O-]. The number of rotatable bonds is 7. The van der Waals surface area contributed by atoms with Gasteiger partial charge in [0.25, 0.3) is 11.6 Å². The van der Waals surface area contributed by atoms with E-state index in [1.165, 1.54) is 6.07 Å². The molecule has 0 aliphatic carbocycles. The van der Waals surface area contributed by atoms with E-state index < -0.39 is 22.7 Å². The lowest BCUT2D eigenvalue weighted by atomic mass is 9.97. The Labute approximate surface area is 126 Å². The summed E-state index contributed by atoms with van der Waals surface area (Å²) in [6, 6.07) is 1.22. The van der Waals surface area contributed by atoms with Crippen molar-refractivity contribution in [3.05, 3.63) is 25.9 Å². The number of carbonyl (C=O) groups excluding carboxylic acids is 1. The van der Waals surface area contributed by atoms with Crippen LogP contribution in [0.4, 0.5) is 5.69 Å². The summed E-state index contributed by atoms with van der Waals surface area (Å²) in [4.78, 5) is 33.9. The third kappa shape index (κ3) is 4.82. The lowest BCUT2D eigenvalue weighted by Gasteiger charge is -2.14. The van der Waals surface area contributed by atoms with Crippen LogP contribution < -0.4 is 5.32 Å². The number of amides is 1. The molecule has 0 aliphatic rings. The zero-order valence-corrected chi connectivity index (χ0v) is 12.9. The van der Waals surface area contributed by atoms with Crippen LogP contribution in [0.5, 0.6) is 0 Å². The van der Waals surface area contributed by atoms with Gasteiger partial charge in [0.05, 0.1) is 20.6 Å². The van der Waals surface area contributed by atoms with Crippen LogP contribution >= 0.6 is 11.3 Å². The van der Waals surface area contributed by atoms with Gasteiger partial charge in [-0.05, 0) is 19.3 Å². The number of nitrogens with zero attached hydrogens (tertiary/aromatic N) is 1. The molecule has 2 N–H and O–H groups in total. The number of thiophene rings is 1. The van der Waals surface area contributed by atoms with Gasteiger partial charge in [-0.15, -0.1) is 11.3 Å². The molecule has 0 fully saturated rings. The van der Waals surface area contributed by atoms with Gasteiger partial charge in [-0.3, -0.25) is 19.7 Å². The van der Waals surface area contributed by atoms with Gasteiger partial charge >= 0.3 is 5.97 Å². The normalized spacial score (nSPS) is 12.2. The highest BCUT2D eigenvalue weighted by molar-refractivity contribution is 7.14. The first-order valence-corrected chi connectivity index (χ1v) is 7.29. The molecule has 1 amide bonds. The first-order chi connectivity index (χ1) is 9.72. The van der Waals surface area contributed by atoms with Gasteiger partial charge in [0.1, 0.15) is 0 Å². The molecule has 0 bridgehead atoms. The quantitative estimate of drug-likeness (QED) is 0.593. The van der Waals surface area contributed by atoms with E-state index >= 15 is 0 Å². The van der Waals surface area contributed by atoms with Crippen LogP contribution in [0.15, 0.2) is 6.07 Å². The van der Waals surface area contributed by atoms with E-state index in [1.54, 1.807) is 6.92 Å². The van der Waals surface area contributed by atoms with Crippen LogP contribution in [-0.2, 0) is 4.79 Å². The summed E-state index contributed by atoms with van der Waals surface area (Å²) >= 11 is 1.02. The standard InChI is InChI=1S/C13H18N2O5S/c1-7(2)4-9(13(17)18)6-14-12(16)11-5-10(15(19)20)8(3)21-11/h5,7,9H,4,6H2,1-3H3,(H,14,16)(H,17,18). The number of nitro groups is 1. The van der Waals surface area contributed by atoms with Crippen molar-refractivity contribution >= 4 is 28.9 Å². The molecule has 1 unspecified atom stereocenters. The molecule has 1 rings (SSSR count). The van der Waals surface area contributed by atoms with E-state index in [2.05, 4.69) is 5.32 Å². The molecule has 1 heterocycles. The van der Waals surface area contributed by atoms with E-state index in [4.69, 9.17) is 5.11 Å². The van der Waals surface area contributed by atoms with Crippen LogP contribution in [-0.4, -0.2) is 28.5 Å². The van der Waals surface area contributed by atoms with E-state index in [0.29, 0.717) is 11.3 Å². The maximum absolute atomic E-state index is 11.9. The largest absolute Gasteiger partial charge is 0.481 e. The first-order valence-electron chi connectivity index (χ1n) is 6.48. The van der Waals surface area contributed by atoms with Crippen molar-refractivity contribution < 1.29 is 19.6 Å². The molecule has 0 aromatic carbocycles. The Morgan fingerprint density at radius 1 is 1.48 bits per heavy atom. The lowest BCUT2D eigenvalue weighted by Crippen LogP contribution is -2.33. The maximum Gasteiger partial charge on any atom is 0.308 e. The number of carbonyl (C=O) groups is 2. The number of hydrogen-bond acceptors (Lipinski definition) is 5. The molecule has 1 aromatic rings. The number of hydrogen-bond donors (Lipinski definition) is 2. The molecule has 1 aromatic heterocycles. The maximum atomic E-state index is 11.9. The van der Waals surface area contributed by atoms with Gasteiger partial charge < -0.3 is 10.4 Å². The van der Waals surface area contributed by atoms with E-state index in [1.807, 2.05) is 13.8 Å². The van der Waals surface area contributed by atoms with Gasteiger partial charge in [-0.2, -0.15) is 0 Å². The first kappa shape index (κ1) is 17.1. The van der Waals surface area contributed by atoms with Crippen molar-refractivity contribution in [1.82, 2.24) is 5.32 Å². The van der Waals surface area contributed by atoms with Crippen molar-refractivity contribution in [2.75, 3.05) is 6.54 Å². The minimum atomic E-state index is -0.961. The van der Waals surface area contributed by atoms with Gasteiger partial charge in [-0.1, -0.05) is 13.8 Å². The van der Waals surface area contributed by atoms with Crippen molar-refractivity contribution in [3.8, 4) is 0 Å². The van der Waals surface area contributed by atoms with Crippen LogP contribution in [0.1, 0.15) is 34.8 Å². The molecule has 116 valence electrons. The monoisotopic (exact) mass is 314 g/mol. The number of carboxylic acid groups (broad SMARTS) is 1. The van der Waals surface area contributed by atoms with Gasteiger partial charge in [0.15, 0.2) is 0 Å². The number of aryl methyl sites for hydroxylation is 1. The second kappa shape index (κ2) is 7.16. The van der Waals surface area contributed by atoms with Crippen molar-refractivity contribution in [2.45, 2.75) is 27.2 Å². The number of nitrogens with one attached hydrogen (secondary N) is 1. The molecule has 0 aliphatic heterocycles. The van der Waals surface area contributed by atoms with E-state index in [0.717, 1.165) is 11.3 Å². The Kier molecular flexibility index (Phi) is 5.83. The highest BCUT2D eigenvalue weighted by atomic mass is 32.1. The molecule has 0 spiro atoms. The summed E-state index contributed by atoms with van der Waals surface area (Å²) in [7, 11) is 0. The summed E-state index contributed by atoms with van der Waals surface area (Å²) in [5, 5.41) is 22.4. The molecule has 0 saturated carbocycles. The minimum Gasteiger partial charge on any atom is -0.481 e. The van der Waals surface area contributed by atoms with E-state index in [9.17, 15) is 19.7 Å². The fraction of sp³-hybridized carbons (Fsp3) is 0.538. The summed E-state index contributed by atoms with van der Waals surface area (Å²) < 4.78 is 0. The number of carboxylic acids is 1. The lowest BCUT2D eigenvalue weighted by molar-refractivity contribution is -0.385. The average molecular weight is 314 g/mol. The van der Waals surface area contributed by atoms with Crippen LogP contribution in [0.2, 0.25) is 0 Å². The van der Waals surface area contributed by atoms with Crippen molar-refractivity contribution in [1.29, 1.82) is 0 Å². The molecule has 7 nitrogen and oxygen atoms in total. The minimum absolute atomic E-state index is 0.0110. The van der Waals surface area contributed by atoms with E-state index in [-0.39, 0.29) is 23.0 Å². The third-order valence-electron chi connectivity index (χ3n) is 2.93. The molecule has 21 heavy (non-hydrogen) atoms. The molecule has 0 saturated heterocycles. The Bertz CT molecular complexity index is 553. The molecular weight excluding hydrogens is 296 g/mol. The van der Waals surface area contributed by atoms with Crippen molar-refractivity contribution in [3.63, 3.8) is 0 Å². The molecule has 8 heteroatoms. The Morgan fingerprint density at radius 2 is 2.10 bits per heavy atom. The molecule has 0 radical (unpaired) electrons. The van der Waals surface area contributed by atoms with Crippen molar-refractivity contribution in [2.24, 2.45) is 11.8 Å². The number of aliphatic carboxylic acids is 1. The van der Waals surface area contributed by atoms with Gasteiger partial charge in [-0.25, -0.2) is 0 Å². The molecular formula is C13H18N2O5S. The second-order valence-electron chi connectivity index (χ2n) is 5.18. The summed E-state index contributed by atoms with van der Waals surface area (Å²) in [5.41, 5.74) is -0.0953. The predicted molar refractivity (Wildman–Crippen MR) is 78.6 cm³/mol. The van der Waals surface area contributed by atoms with Crippen LogP contribution in [0.25, 0.3) is 0 Å². The highest BCUT2D eigenvalue weighted by Crippen LogP contribution is 2.27. The Hall–Kier alpha value is -1.96. The smallest absolute Gasteiger partial charge is 0.308 e. The summed E-state index contributed by atoms with van der Waals surface area (Å²) in [5.74, 6) is -1.90. The average Bonchev–Trinajstić information content (AvgIpc) is 2.75. The topological polar surface area (TPSA) is 110 Å². The second-order valence-corrected chi connectivity index (χ2v) is 6.44. The zero-order valence-electron chi connectivity index (χ0n) is 12.1. The zero-order chi connectivity index (χ0) is 16.2. The third-order valence-corrected chi connectivity index (χ3v) is 3.96. The van der Waals surface area contributed by atoms with Gasteiger partial charge in [0, 0.05) is 12.6 Å². The van der Waals surface area contributed by atoms with Gasteiger partial charge in [0.2, 0.25) is 0 Å². The Balaban J connectivity index is 2.70. The fourth-order valence-electron chi connectivity index (χ4n) is 1.91. The Morgan fingerprint density at radius 3 is 2.52 bits per heavy atom. The molecule has 1 atom stereocenters.